The Labute approximate surface area is 163 Å². The zero-order valence-corrected chi connectivity index (χ0v) is 14.3. The molecule has 0 radical (unpaired) electrons. The van der Waals surface area contributed by atoms with Crippen LogP contribution in [0.5, 0.6) is 0 Å². The first kappa shape index (κ1) is 11.7. The number of carbonyl (C=O) groups excluding carboxylic acids is 1. The predicted octanol–water partition coefficient (Wildman–Crippen LogP) is 3.68. The highest BCUT2D eigenvalue weighted by Crippen LogP contribution is 2.23. The minimum absolute atomic E-state index is 0.0670. The molecular weight excluding hydrogens is 338 g/mol. The molecule has 0 aliphatic rings. The first-order chi connectivity index (χ1) is 15.3. The number of hydrogen-bond acceptors (Lipinski definition) is 4. The summed E-state index contributed by atoms with van der Waals surface area (Å²) in [7, 11) is 1.88. The molecule has 1 amide bonds. The van der Waals surface area contributed by atoms with Crippen LogP contribution in [0.4, 0.5) is 5.82 Å². The Balaban J connectivity index is 1.58. The summed E-state index contributed by atoms with van der Waals surface area (Å²) < 4.78 is 40.7. The van der Waals surface area contributed by atoms with Crippen molar-refractivity contribution in [1.29, 1.82) is 0 Å². The van der Waals surface area contributed by atoms with Gasteiger partial charge in [0.15, 0.2) is 0 Å². The number of amides is 1. The smallest absolute Gasteiger partial charge is 0.249 e. The minimum Gasteiger partial charge on any atom is -0.334 e. The summed E-state index contributed by atoms with van der Waals surface area (Å²) in [6.45, 7) is 0. The van der Waals surface area contributed by atoms with Crippen LogP contribution in [0.2, 0.25) is 0 Å². The van der Waals surface area contributed by atoms with Crippen LogP contribution < -0.4 is 5.32 Å². The van der Waals surface area contributed by atoms with Gasteiger partial charge in [-0.05, 0) is 23.8 Å². The van der Waals surface area contributed by atoms with E-state index in [1.165, 1.54) is 12.3 Å². The molecule has 4 rings (SSSR count). The van der Waals surface area contributed by atoms with E-state index in [9.17, 15) is 4.79 Å². The van der Waals surface area contributed by atoms with Crippen molar-refractivity contribution in [3.63, 3.8) is 0 Å². The number of fused-ring (bicyclic) bond motifs is 1. The van der Waals surface area contributed by atoms with E-state index in [1.807, 2.05) is 17.7 Å². The van der Waals surface area contributed by atoms with Gasteiger partial charge in [0.1, 0.15) is 5.82 Å². The quantitative estimate of drug-likeness (QED) is 0.564. The van der Waals surface area contributed by atoms with E-state index in [0.29, 0.717) is 5.52 Å². The first-order valence-corrected chi connectivity index (χ1v) is 8.04. The van der Waals surface area contributed by atoms with Crippen molar-refractivity contribution in [2.75, 3.05) is 5.32 Å². The van der Waals surface area contributed by atoms with Gasteiger partial charge in [-0.15, -0.1) is 0 Å². The Morgan fingerprint density at radius 1 is 1.15 bits per heavy atom. The van der Waals surface area contributed by atoms with Crippen molar-refractivity contribution in [3.8, 4) is 11.3 Å². The number of pyridine rings is 2. The number of aryl methyl sites for hydroxylation is 1. The van der Waals surface area contributed by atoms with E-state index < -0.39 is 24.0 Å². The SMILES string of the molecule is [2H]c1c([2H])c([2H])c(/C=C/C(=O)Nc2cc3cc(-c4cncn4C)cnc3cn2)c([2H])c1[2H]. The number of hydrogen-bond donors (Lipinski definition) is 1. The van der Waals surface area contributed by atoms with Crippen molar-refractivity contribution >= 4 is 28.7 Å². The Kier molecular flexibility index (Phi) is 3.14. The fraction of sp³-hybridized carbons (Fsp3) is 0.0476. The summed E-state index contributed by atoms with van der Waals surface area (Å²) in [6.07, 6.45) is 8.98. The predicted molar refractivity (Wildman–Crippen MR) is 106 cm³/mol. The lowest BCUT2D eigenvalue weighted by Gasteiger charge is -2.06. The molecule has 132 valence electrons. The molecule has 6 nitrogen and oxygen atoms in total. The maximum atomic E-state index is 12.4. The van der Waals surface area contributed by atoms with E-state index in [2.05, 4.69) is 20.3 Å². The summed E-state index contributed by atoms with van der Waals surface area (Å²) in [5.41, 5.74) is 2.34. The fourth-order valence-electron chi connectivity index (χ4n) is 2.54. The molecule has 4 aromatic rings. The number of carbonyl (C=O) groups is 1. The summed E-state index contributed by atoms with van der Waals surface area (Å²) in [4.78, 5) is 25.0. The second-order valence-corrected chi connectivity index (χ2v) is 5.74. The van der Waals surface area contributed by atoms with Gasteiger partial charge in [0, 0.05) is 30.3 Å². The molecular formula is C21H17N5O. The molecule has 1 aromatic carbocycles. The number of nitrogens with zero attached hydrogens (tertiary/aromatic N) is 4. The third-order valence-corrected chi connectivity index (χ3v) is 3.85. The third-order valence-electron chi connectivity index (χ3n) is 3.85. The molecule has 0 aliphatic heterocycles. The van der Waals surface area contributed by atoms with Gasteiger partial charge < -0.3 is 9.88 Å². The van der Waals surface area contributed by atoms with Crippen LogP contribution in [0.1, 0.15) is 12.4 Å². The third kappa shape index (κ3) is 3.74. The van der Waals surface area contributed by atoms with Gasteiger partial charge in [0.05, 0.1) is 36.8 Å². The number of anilines is 1. The highest BCUT2D eigenvalue weighted by Gasteiger charge is 2.07. The van der Waals surface area contributed by atoms with Crippen LogP contribution in [0.3, 0.4) is 0 Å². The van der Waals surface area contributed by atoms with Gasteiger partial charge in [-0.1, -0.05) is 30.2 Å². The summed E-state index contributed by atoms with van der Waals surface area (Å²) >= 11 is 0. The summed E-state index contributed by atoms with van der Waals surface area (Å²) in [6, 6.07) is 1.44. The molecule has 0 atom stereocenters. The second-order valence-electron chi connectivity index (χ2n) is 5.74. The Bertz CT molecular complexity index is 1370. The normalized spacial score (nSPS) is 13.7. The van der Waals surface area contributed by atoms with E-state index in [1.54, 1.807) is 24.8 Å². The van der Waals surface area contributed by atoms with E-state index in [0.717, 1.165) is 22.7 Å². The highest BCUT2D eigenvalue weighted by molar-refractivity contribution is 6.02. The Morgan fingerprint density at radius 3 is 2.78 bits per heavy atom. The maximum Gasteiger partial charge on any atom is 0.249 e. The standard InChI is InChI=1S/C21H17N5O/c1-26-14-22-13-19(26)17-9-16-10-20(24-12-18(16)23-11-17)25-21(27)8-7-15-5-3-2-4-6-15/h2-14H,1H3,(H,24,25,27)/b8-7+/i2D,3D,4D,5D,6D. The van der Waals surface area contributed by atoms with E-state index in [4.69, 9.17) is 6.85 Å². The number of nitrogens with one attached hydrogen (secondary N) is 1. The molecule has 0 fully saturated rings. The van der Waals surface area contributed by atoms with Crippen LogP contribution in [0, 0.1) is 0 Å². The fourth-order valence-corrected chi connectivity index (χ4v) is 2.54. The lowest BCUT2D eigenvalue weighted by atomic mass is 10.1. The molecule has 0 unspecified atom stereocenters. The van der Waals surface area contributed by atoms with E-state index >= 15 is 0 Å². The van der Waals surface area contributed by atoms with Crippen LogP contribution in [-0.2, 0) is 11.8 Å². The van der Waals surface area contributed by atoms with Gasteiger partial charge in [0.2, 0.25) is 5.91 Å². The zero-order chi connectivity index (χ0) is 23.0. The zero-order valence-electron chi connectivity index (χ0n) is 19.3. The largest absolute Gasteiger partial charge is 0.334 e. The molecule has 3 aromatic heterocycles. The average molecular weight is 360 g/mol. The number of aromatic nitrogens is 4. The van der Waals surface area contributed by atoms with Crippen molar-refractivity contribution in [3.05, 3.63) is 78.9 Å². The molecule has 0 aliphatic carbocycles. The van der Waals surface area contributed by atoms with Gasteiger partial charge >= 0.3 is 0 Å². The molecule has 0 saturated carbocycles. The number of benzene rings is 1. The van der Waals surface area contributed by atoms with Crippen molar-refractivity contribution in [2.45, 2.75) is 0 Å². The first-order valence-electron chi connectivity index (χ1n) is 10.5. The monoisotopic (exact) mass is 360 g/mol. The van der Waals surface area contributed by atoms with Gasteiger partial charge in [-0.2, -0.15) is 0 Å². The topological polar surface area (TPSA) is 72.7 Å². The van der Waals surface area contributed by atoms with E-state index in [-0.39, 0.29) is 23.5 Å². The molecule has 3 heterocycles. The van der Waals surface area contributed by atoms with Gasteiger partial charge in [-0.25, -0.2) is 9.97 Å². The van der Waals surface area contributed by atoms with Gasteiger partial charge in [0.25, 0.3) is 0 Å². The van der Waals surface area contributed by atoms with Crippen LogP contribution in [-0.4, -0.2) is 25.4 Å². The summed E-state index contributed by atoms with van der Waals surface area (Å²) in [5.74, 6) is -0.267. The lowest BCUT2D eigenvalue weighted by molar-refractivity contribution is -0.111. The van der Waals surface area contributed by atoms with Crippen LogP contribution >= 0.6 is 0 Å². The molecule has 0 bridgehead atoms. The van der Waals surface area contributed by atoms with Crippen LogP contribution in [0.25, 0.3) is 28.2 Å². The highest BCUT2D eigenvalue weighted by atomic mass is 16.1. The molecule has 0 spiro atoms. The Hall–Kier alpha value is -3.80. The molecule has 0 saturated heterocycles. The summed E-state index contributed by atoms with van der Waals surface area (Å²) in [5, 5.41) is 3.38. The minimum atomic E-state index is -0.556. The maximum absolute atomic E-state index is 12.4. The Morgan fingerprint density at radius 2 is 2.00 bits per heavy atom. The second kappa shape index (κ2) is 7.21. The molecule has 1 N–H and O–H groups in total. The van der Waals surface area contributed by atoms with Crippen LogP contribution in [0.15, 0.2) is 73.3 Å². The molecule has 27 heavy (non-hydrogen) atoms. The number of rotatable bonds is 4. The van der Waals surface area contributed by atoms with Gasteiger partial charge in [-0.3, -0.25) is 9.78 Å². The average Bonchev–Trinajstić information content (AvgIpc) is 3.21. The van der Waals surface area contributed by atoms with Crippen molar-refractivity contribution in [2.24, 2.45) is 7.05 Å². The number of imidazole rings is 1. The lowest BCUT2D eigenvalue weighted by Crippen LogP contribution is -2.09. The van der Waals surface area contributed by atoms with Crippen molar-refractivity contribution in [1.82, 2.24) is 19.5 Å². The molecule has 6 heteroatoms. The van der Waals surface area contributed by atoms with Crippen molar-refractivity contribution < 1.29 is 11.6 Å².